The van der Waals surface area contributed by atoms with Crippen LogP contribution < -0.4 is 10.1 Å². The number of Topliss-reactive ketones (excluding diaryl/α,β-unsaturated/α-hetero) is 1. The highest BCUT2D eigenvalue weighted by atomic mass is 32.2. The van der Waals surface area contributed by atoms with Crippen LogP contribution in [0.1, 0.15) is 28.1 Å². The maximum Gasteiger partial charge on any atom is 0.273 e. The molecule has 14 nitrogen and oxygen atoms in total. The molecular formula is C30H23N7O7S. The number of hydrogen-bond acceptors (Lipinski definition) is 11. The summed E-state index contributed by atoms with van der Waals surface area (Å²) in [5.74, 6) is -1.48. The maximum absolute atomic E-state index is 13.6. The van der Waals surface area contributed by atoms with Gasteiger partial charge in [0.1, 0.15) is 5.75 Å². The Kier molecular flexibility index (Phi) is 9.19. The summed E-state index contributed by atoms with van der Waals surface area (Å²) in [4.78, 5) is 48.7. The average Bonchev–Trinajstić information content (AvgIpc) is 3.52. The van der Waals surface area contributed by atoms with Gasteiger partial charge in [-0.1, -0.05) is 60.3 Å². The number of carbonyl (C=O) groups excluding carboxylic acids is 2. The van der Waals surface area contributed by atoms with Crippen molar-refractivity contribution < 1.29 is 24.2 Å². The van der Waals surface area contributed by atoms with Crippen LogP contribution in [-0.4, -0.2) is 47.8 Å². The molecule has 226 valence electrons. The summed E-state index contributed by atoms with van der Waals surface area (Å²) in [5, 5.41) is 37.0. The van der Waals surface area contributed by atoms with Crippen LogP contribution in [0.5, 0.6) is 5.75 Å². The molecule has 0 aliphatic rings. The number of benzene rings is 4. The van der Waals surface area contributed by atoms with E-state index in [0.29, 0.717) is 16.4 Å². The molecule has 1 amide bonds. The van der Waals surface area contributed by atoms with E-state index in [1.54, 1.807) is 25.1 Å². The number of nitrogens with zero attached hydrogens (tertiary/aromatic N) is 6. The number of amides is 1. The minimum Gasteiger partial charge on any atom is -0.472 e. The standard InChI is InChI=1S/C30H23N7O7S/c1-19(45-30-32-33-34-35(30)22-10-6-3-7-11-22)25-18-24(37(42)43)16-17-26(25)44-28(27(38)20-8-4-2-5-9-20)29(39)31-21-12-14-23(15-13-21)36(40)41/h2-19,28H,1H3,(H,31,39). The van der Waals surface area contributed by atoms with E-state index >= 15 is 0 Å². The maximum atomic E-state index is 13.6. The molecule has 0 spiro atoms. The van der Waals surface area contributed by atoms with Crippen LogP contribution in [0, 0.1) is 20.2 Å². The van der Waals surface area contributed by atoms with Crippen LogP contribution in [0.4, 0.5) is 17.1 Å². The van der Waals surface area contributed by atoms with Crippen LogP contribution in [0.15, 0.2) is 108 Å². The van der Waals surface area contributed by atoms with E-state index in [-0.39, 0.29) is 28.4 Å². The van der Waals surface area contributed by atoms with E-state index in [4.69, 9.17) is 4.74 Å². The van der Waals surface area contributed by atoms with Crippen molar-refractivity contribution in [3.05, 3.63) is 134 Å². The predicted octanol–water partition coefficient (Wildman–Crippen LogP) is 5.60. The summed E-state index contributed by atoms with van der Waals surface area (Å²) in [6.45, 7) is 1.76. The molecular weight excluding hydrogens is 602 g/mol. The Bertz CT molecular complexity index is 1850. The Morgan fingerprint density at radius 1 is 0.867 bits per heavy atom. The number of tetrazole rings is 1. The average molecular weight is 626 g/mol. The third kappa shape index (κ3) is 7.17. The number of rotatable bonds is 12. The van der Waals surface area contributed by atoms with Gasteiger partial charge in [-0.2, -0.15) is 4.68 Å². The van der Waals surface area contributed by atoms with Crippen molar-refractivity contribution in [3.63, 3.8) is 0 Å². The first-order valence-corrected chi connectivity index (χ1v) is 14.2. The number of ether oxygens (including phenoxy) is 1. The number of thioether (sulfide) groups is 1. The molecule has 1 aromatic heterocycles. The second-order valence-electron chi connectivity index (χ2n) is 9.47. The number of non-ortho nitro benzene ring substituents is 2. The predicted molar refractivity (Wildman–Crippen MR) is 163 cm³/mol. The fourth-order valence-electron chi connectivity index (χ4n) is 4.26. The Morgan fingerprint density at radius 3 is 2.13 bits per heavy atom. The first kappa shape index (κ1) is 30.5. The zero-order chi connectivity index (χ0) is 31.9. The fraction of sp³-hybridized carbons (Fsp3) is 0.100. The Hall–Kier alpha value is -5.96. The zero-order valence-corrected chi connectivity index (χ0v) is 24.2. The molecule has 0 saturated heterocycles. The zero-order valence-electron chi connectivity index (χ0n) is 23.4. The largest absolute Gasteiger partial charge is 0.472 e. The second-order valence-corrected chi connectivity index (χ2v) is 10.8. The highest BCUT2D eigenvalue weighted by Gasteiger charge is 2.32. The van der Waals surface area contributed by atoms with E-state index in [2.05, 4.69) is 20.8 Å². The summed E-state index contributed by atoms with van der Waals surface area (Å²) >= 11 is 1.19. The third-order valence-corrected chi connectivity index (χ3v) is 7.56. The number of ketones is 1. The van der Waals surface area contributed by atoms with Gasteiger partial charge < -0.3 is 10.1 Å². The summed E-state index contributed by atoms with van der Waals surface area (Å²) in [5.41, 5.74) is 0.986. The van der Waals surface area contributed by atoms with Gasteiger partial charge in [-0.05, 0) is 47.7 Å². The molecule has 0 saturated carbocycles. The lowest BCUT2D eigenvalue weighted by Crippen LogP contribution is -2.40. The number of anilines is 1. The normalized spacial score (nSPS) is 12.1. The van der Waals surface area contributed by atoms with Gasteiger partial charge in [-0.25, -0.2) is 0 Å². The molecule has 1 N–H and O–H groups in total. The topological polar surface area (TPSA) is 185 Å². The quantitative estimate of drug-likeness (QED) is 0.0598. The number of hydrogen-bond donors (Lipinski definition) is 1. The highest BCUT2D eigenvalue weighted by molar-refractivity contribution is 7.99. The van der Waals surface area contributed by atoms with Crippen molar-refractivity contribution in [2.24, 2.45) is 0 Å². The molecule has 2 atom stereocenters. The monoisotopic (exact) mass is 625 g/mol. The molecule has 0 aliphatic heterocycles. The molecule has 5 rings (SSSR count). The molecule has 1 heterocycles. The number of aromatic nitrogens is 4. The number of nitro benzene ring substituents is 2. The molecule has 2 unspecified atom stereocenters. The van der Waals surface area contributed by atoms with Crippen molar-refractivity contribution >= 4 is 40.5 Å². The summed E-state index contributed by atoms with van der Waals surface area (Å²) in [6, 6.07) is 26.1. The Balaban J connectivity index is 1.48. The SMILES string of the molecule is CC(Sc1nnnn1-c1ccccc1)c1cc([N+](=O)[O-])ccc1OC(C(=O)Nc1ccc([N+](=O)[O-])cc1)C(=O)c1ccccc1. The van der Waals surface area contributed by atoms with Crippen molar-refractivity contribution in [1.82, 2.24) is 20.2 Å². The molecule has 0 bridgehead atoms. The van der Waals surface area contributed by atoms with Crippen molar-refractivity contribution in [2.75, 3.05) is 5.32 Å². The molecule has 5 aromatic rings. The molecule has 0 aliphatic carbocycles. The van der Waals surface area contributed by atoms with Gasteiger partial charge in [0.05, 0.1) is 15.5 Å². The van der Waals surface area contributed by atoms with Crippen LogP contribution in [0.2, 0.25) is 0 Å². The smallest absolute Gasteiger partial charge is 0.273 e. The van der Waals surface area contributed by atoms with Crippen molar-refractivity contribution in [2.45, 2.75) is 23.4 Å². The fourth-order valence-corrected chi connectivity index (χ4v) is 5.21. The minimum atomic E-state index is -1.73. The Labute approximate surface area is 259 Å². The van der Waals surface area contributed by atoms with Gasteiger partial charge in [0.2, 0.25) is 17.0 Å². The van der Waals surface area contributed by atoms with Crippen LogP contribution in [-0.2, 0) is 4.79 Å². The number of nitrogens with one attached hydrogen (secondary N) is 1. The first-order valence-electron chi connectivity index (χ1n) is 13.3. The van der Waals surface area contributed by atoms with Gasteiger partial charge in [0.25, 0.3) is 17.3 Å². The van der Waals surface area contributed by atoms with Gasteiger partial charge in [0, 0.05) is 46.3 Å². The lowest BCUT2D eigenvalue weighted by Gasteiger charge is -2.21. The van der Waals surface area contributed by atoms with Crippen LogP contribution in [0.3, 0.4) is 0 Å². The summed E-state index contributed by atoms with van der Waals surface area (Å²) in [6.07, 6.45) is -1.73. The van der Waals surface area contributed by atoms with E-state index in [0.717, 1.165) is 0 Å². The van der Waals surface area contributed by atoms with Crippen LogP contribution in [0.25, 0.3) is 5.69 Å². The lowest BCUT2D eigenvalue weighted by atomic mass is 10.0. The van der Waals surface area contributed by atoms with Gasteiger partial charge in [-0.3, -0.25) is 29.8 Å². The Morgan fingerprint density at radius 2 is 1.49 bits per heavy atom. The third-order valence-electron chi connectivity index (χ3n) is 6.49. The number of carbonyl (C=O) groups is 2. The number of para-hydroxylation sites is 1. The molecule has 0 radical (unpaired) electrons. The van der Waals surface area contributed by atoms with E-state index in [1.807, 2.05) is 30.3 Å². The van der Waals surface area contributed by atoms with E-state index < -0.39 is 32.9 Å². The first-order chi connectivity index (χ1) is 21.7. The van der Waals surface area contributed by atoms with Gasteiger partial charge in [0.15, 0.2) is 0 Å². The molecule has 4 aromatic carbocycles. The molecule has 0 fully saturated rings. The molecule has 15 heteroatoms. The van der Waals surface area contributed by atoms with Crippen molar-refractivity contribution in [3.8, 4) is 11.4 Å². The second kappa shape index (κ2) is 13.6. The lowest BCUT2D eigenvalue weighted by molar-refractivity contribution is -0.385. The minimum absolute atomic E-state index is 0.0486. The van der Waals surface area contributed by atoms with Gasteiger partial charge in [-0.15, -0.1) is 5.10 Å². The summed E-state index contributed by atoms with van der Waals surface area (Å²) in [7, 11) is 0. The van der Waals surface area contributed by atoms with E-state index in [1.165, 1.54) is 71.0 Å². The summed E-state index contributed by atoms with van der Waals surface area (Å²) < 4.78 is 7.60. The molecule has 45 heavy (non-hydrogen) atoms. The van der Waals surface area contributed by atoms with Crippen LogP contribution >= 0.6 is 11.8 Å². The van der Waals surface area contributed by atoms with Gasteiger partial charge >= 0.3 is 0 Å². The van der Waals surface area contributed by atoms with E-state index in [9.17, 15) is 29.8 Å². The highest BCUT2D eigenvalue weighted by Crippen LogP contribution is 2.40. The van der Waals surface area contributed by atoms with Crippen molar-refractivity contribution in [1.29, 1.82) is 0 Å². The number of nitro groups is 2.